The van der Waals surface area contributed by atoms with Crippen molar-refractivity contribution in [2.75, 3.05) is 5.73 Å². The minimum absolute atomic E-state index is 0.135. The van der Waals surface area contributed by atoms with Gasteiger partial charge in [-0.3, -0.25) is 4.79 Å². The zero-order valence-corrected chi connectivity index (χ0v) is 8.77. The third-order valence-corrected chi connectivity index (χ3v) is 2.13. The molecule has 4 N–H and O–H groups in total. The van der Waals surface area contributed by atoms with Crippen LogP contribution in [0.15, 0.2) is 24.7 Å². The maximum absolute atomic E-state index is 13.4. The standard InChI is InChI=1S/C10H10FN5O/c11-8-6(1-2-15-9(8)12)10(17)16-5-7-13-3-4-14-7/h1-4H,5H2,(H2,12,15)(H,13,14)(H,16,17). The molecule has 17 heavy (non-hydrogen) atoms. The van der Waals surface area contributed by atoms with Crippen LogP contribution in [-0.2, 0) is 6.54 Å². The van der Waals surface area contributed by atoms with Crippen LogP contribution in [0.3, 0.4) is 0 Å². The summed E-state index contributed by atoms with van der Waals surface area (Å²) in [6.45, 7) is 0.188. The highest BCUT2D eigenvalue weighted by Crippen LogP contribution is 2.11. The van der Waals surface area contributed by atoms with Crippen molar-refractivity contribution in [2.24, 2.45) is 0 Å². The van der Waals surface area contributed by atoms with Crippen molar-refractivity contribution in [1.29, 1.82) is 0 Å². The van der Waals surface area contributed by atoms with Crippen molar-refractivity contribution in [1.82, 2.24) is 20.3 Å². The molecule has 0 aliphatic heterocycles. The molecule has 2 aromatic heterocycles. The number of rotatable bonds is 3. The normalized spacial score (nSPS) is 10.2. The minimum Gasteiger partial charge on any atom is -0.381 e. The van der Waals surface area contributed by atoms with E-state index in [4.69, 9.17) is 5.73 Å². The molecule has 2 heterocycles. The molecule has 0 unspecified atom stereocenters. The molecule has 0 aromatic carbocycles. The quantitative estimate of drug-likeness (QED) is 0.719. The summed E-state index contributed by atoms with van der Waals surface area (Å²) in [4.78, 5) is 21.9. The lowest BCUT2D eigenvalue weighted by molar-refractivity contribution is 0.0946. The van der Waals surface area contributed by atoms with Crippen LogP contribution in [0.5, 0.6) is 0 Å². The Bertz CT molecular complexity index is 525. The number of amides is 1. The van der Waals surface area contributed by atoms with Gasteiger partial charge < -0.3 is 16.0 Å². The molecule has 0 saturated heterocycles. The largest absolute Gasteiger partial charge is 0.381 e. The van der Waals surface area contributed by atoms with E-state index in [1.165, 1.54) is 12.3 Å². The number of nitrogen functional groups attached to an aromatic ring is 1. The van der Waals surface area contributed by atoms with Gasteiger partial charge in [0.15, 0.2) is 11.6 Å². The van der Waals surface area contributed by atoms with Gasteiger partial charge in [0.25, 0.3) is 5.91 Å². The number of aromatic nitrogens is 3. The third kappa shape index (κ3) is 2.39. The molecule has 0 atom stereocenters. The first kappa shape index (κ1) is 11.1. The Morgan fingerprint density at radius 1 is 1.47 bits per heavy atom. The second-order valence-corrected chi connectivity index (χ2v) is 3.28. The number of anilines is 1. The van der Waals surface area contributed by atoms with E-state index >= 15 is 0 Å². The van der Waals surface area contributed by atoms with E-state index in [-0.39, 0.29) is 17.9 Å². The van der Waals surface area contributed by atoms with E-state index in [1.807, 2.05) is 0 Å². The molecule has 88 valence electrons. The smallest absolute Gasteiger partial charge is 0.254 e. The van der Waals surface area contributed by atoms with Gasteiger partial charge in [-0.1, -0.05) is 0 Å². The molecule has 0 spiro atoms. The molecule has 0 saturated carbocycles. The summed E-state index contributed by atoms with van der Waals surface area (Å²) < 4.78 is 13.4. The molecular formula is C10H10FN5O. The van der Waals surface area contributed by atoms with Crippen molar-refractivity contribution >= 4 is 11.7 Å². The summed E-state index contributed by atoms with van der Waals surface area (Å²) >= 11 is 0. The molecular weight excluding hydrogens is 225 g/mol. The number of halogens is 1. The Kier molecular flexibility index (Phi) is 2.99. The number of nitrogens with one attached hydrogen (secondary N) is 2. The number of H-pyrrole nitrogens is 1. The lowest BCUT2D eigenvalue weighted by atomic mass is 10.2. The van der Waals surface area contributed by atoms with Gasteiger partial charge in [0.2, 0.25) is 0 Å². The maximum Gasteiger partial charge on any atom is 0.254 e. The zero-order chi connectivity index (χ0) is 12.3. The maximum atomic E-state index is 13.4. The van der Waals surface area contributed by atoms with Crippen molar-refractivity contribution < 1.29 is 9.18 Å². The van der Waals surface area contributed by atoms with Crippen LogP contribution in [0.1, 0.15) is 16.2 Å². The molecule has 0 aliphatic carbocycles. The number of hydrogen-bond acceptors (Lipinski definition) is 4. The second kappa shape index (κ2) is 4.60. The average Bonchev–Trinajstić information content (AvgIpc) is 2.82. The monoisotopic (exact) mass is 235 g/mol. The molecule has 0 radical (unpaired) electrons. The fourth-order valence-corrected chi connectivity index (χ4v) is 1.29. The summed E-state index contributed by atoms with van der Waals surface area (Å²) in [5, 5.41) is 2.51. The van der Waals surface area contributed by atoms with E-state index in [2.05, 4.69) is 20.3 Å². The number of nitrogens with zero attached hydrogens (tertiary/aromatic N) is 2. The summed E-state index contributed by atoms with van der Waals surface area (Å²) in [5.41, 5.74) is 5.13. The van der Waals surface area contributed by atoms with Gasteiger partial charge in [0.05, 0.1) is 12.1 Å². The van der Waals surface area contributed by atoms with E-state index in [0.29, 0.717) is 5.82 Å². The van der Waals surface area contributed by atoms with Gasteiger partial charge in [-0.25, -0.2) is 14.4 Å². The lowest BCUT2D eigenvalue weighted by Crippen LogP contribution is -2.24. The number of hydrogen-bond donors (Lipinski definition) is 3. The van der Waals surface area contributed by atoms with Crippen LogP contribution in [0, 0.1) is 5.82 Å². The van der Waals surface area contributed by atoms with Crippen molar-refractivity contribution in [3.05, 3.63) is 41.9 Å². The fraction of sp³-hybridized carbons (Fsp3) is 0.100. The van der Waals surface area contributed by atoms with E-state index in [0.717, 1.165) is 0 Å². The summed E-state index contributed by atoms with van der Waals surface area (Å²) in [6, 6.07) is 1.27. The van der Waals surface area contributed by atoms with E-state index in [1.54, 1.807) is 12.4 Å². The summed E-state index contributed by atoms with van der Waals surface area (Å²) in [7, 11) is 0. The van der Waals surface area contributed by atoms with E-state index in [9.17, 15) is 9.18 Å². The van der Waals surface area contributed by atoms with Crippen molar-refractivity contribution in [3.8, 4) is 0 Å². The molecule has 0 bridgehead atoms. The Hall–Kier alpha value is -2.44. The number of carbonyl (C=O) groups is 1. The molecule has 2 rings (SSSR count). The van der Waals surface area contributed by atoms with Crippen molar-refractivity contribution in [3.63, 3.8) is 0 Å². The van der Waals surface area contributed by atoms with Crippen LogP contribution in [0.2, 0.25) is 0 Å². The van der Waals surface area contributed by atoms with Gasteiger partial charge in [0.1, 0.15) is 5.82 Å². The Labute approximate surface area is 96.1 Å². The number of nitrogens with two attached hydrogens (primary N) is 1. The topological polar surface area (TPSA) is 96.7 Å². The predicted octanol–water partition coefficient (Wildman–Crippen LogP) is 0.456. The Morgan fingerprint density at radius 2 is 2.29 bits per heavy atom. The first-order valence-corrected chi connectivity index (χ1v) is 4.85. The van der Waals surface area contributed by atoms with Gasteiger partial charge in [-0.05, 0) is 6.07 Å². The highest BCUT2D eigenvalue weighted by Gasteiger charge is 2.14. The van der Waals surface area contributed by atoms with Gasteiger partial charge in [-0.15, -0.1) is 0 Å². The Balaban J connectivity index is 2.07. The number of pyridine rings is 1. The van der Waals surface area contributed by atoms with Gasteiger partial charge in [-0.2, -0.15) is 0 Å². The molecule has 0 fully saturated rings. The summed E-state index contributed by atoms with van der Waals surface area (Å²) in [6.07, 6.45) is 4.47. The van der Waals surface area contributed by atoms with Crippen molar-refractivity contribution in [2.45, 2.75) is 6.54 Å². The first-order chi connectivity index (χ1) is 8.18. The highest BCUT2D eigenvalue weighted by atomic mass is 19.1. The highest BCUT2D eigenvalue weighted by molar-refractivity contribution is 5.94. The van der Waals surface area contributed by atoms with Gasteiger partial charge in [0, 0.05) is 18.6 Å². The molecule has 7 heteroatoms. The zero-order valence-electron chi connectivity index (χ0n) is 8.77. The van der Waals surface area contributed by atoms with E-state index < -0.39 is 11.7 Å². The lowest BCUT2D eigenvalue weighted by Gasteiger charge is -2.05. The van der Waals surface area contributed by atoms with Crippen LogP contribution < -0.4 is 11.1 Å². The second-order valence-electron chi connectivity index (χ2n) is 3.28. The Morgan fingerprint density at radius 3 is 3.00 bits per heavy atom. The average molecular weight is 235 g/mol. The minimum atomic E-state index is -0.815. The number of aromatic amines is 1. The van der Waals surface area contributed by atoms with Crippen LogP contribution in [0.4, 0.5) is 10.2 Å². The van der Waals surface area contributed by atoms with Crippen LogP contribution >= 0.6 is 0 Å². The molecule has 6 nitrogen and oxygen atoms in total. The molecule has 0 aliphatic rings. The van der Waals surface area contributed by atoms with Gasteiger partial charge >= 0.3 is 0 Å². The fourth-order valence-electron chi connectivity index (χ4n) is 1.29. The van der Waals surface area contributed by atoms with Crippen LogP contribution in [0.25, 0.3) is 0 Å². The number of imidazole rings is 1. The predicted molar refractivity (Wildman–Crippen MR) is 58.4 cm³/mol. The first-order valence-electron chi connectivity index (χ1n) is 4.85. The SMILES string of the molecule is Nc1nccc(C(=O)NCc2ncc[nH]2)c1F. The third-order valence-electron chi connectivity index (χ3n) is 2.13. The molecule has 2 aromatic rings. The number of carbonyl (C=O) groups excluding carboxylic acids is 1. The molecule has 1 amide bonds. The summed E-state index contributed by atoms with van der Waals surface area (Å²) in [5.74, 6) is -1.09. The van der Waals surface area contributed by atoms with Crippen LogP contribution in [-0.4, -0.2) is 20.9 Å².